The highest BCUT2D eigenvalue weighted by Crippen LogP contribution is 2.46. The average molecular weight is 634 g/mol. The molecular formula is C33H43N7O4S. The third kappa shape index (κ3) is 6.22. The summed E-state index contributed by atoms with van der Waals surface area (Å²) in [5.74, 6) is 1.92. The Bertz CT molecular complexity index is 1730. The van der Waals surface area contributed by atoms with E-state index in [0.717, 1.165) is 34.9 Å². The van der Waals surface area contributed by atoms with E-state index in [1.165, 1.54) is 12.3 Å². The van der Waals surface area contributed by atoms with Crippen molar-refractivity contribution < 1.29 is 18.3 Å². The van der Waals surface area contributed by atoms with Crippen LogP contribution in [0.4, 0.5) is 23.3 Å². The molecule has 12 heteroatoms. The molecule has 6 rings (SSSR count). The van der Waals surface area contributed by atoms with Gasteiger partial charge >= 0.3 is 0 Å². The number of carbonyl (C=O) groups is 1. The number of aromatic nitrogens is 3. The molecule has 45 heavy (non-hydrogen) atoms. The fraction of sp³-hybridized carbons (Fsp3) is 0.515. The Morgan fingerprint density at radius 2 is 1.87 bits per heavy atom. The fourth-order valence-corrected chi connectivity index (χ4v) is 8.26. The molecule has 0 unspecified atom stereocenters. The zero-order valence-corrected chi connectivity index (χ0v) is 27.3. The van der Waals surface area contributed by atoms with E-state index in [-0.39, 0.29) is 29.2 Å². The largest absolute Gasteiger partial charge is 0.390 e. The van der Waals surface area contributed by atoms with Crippen molar-refractivity contribution in [2.24, 2.45) is 5.92 Å². The summed E-state index contributed by atoms with van der Waals surface area (Å²) in [6, 6.07) is 7.93. The quantitative estimate of drug-likeness (QED) is 0.348. The molecule has 3 fully saturated rings. The molecule has 2 atom stereocenters. The predicted molar refractivity (Wildman–Crippen MR) is 178 cm³/mol. The van der Waals surface area contributed by atoms with E-state index in [0.29, 0.717) is 56.6 Å². The first kappa shape index (κ1) is 31.2. The number of anilines is 4. The van der Waals surface area contributed by atoms with Crippen molar-refractivity contribution in [2.45, 2.75) is 63.6 Å². The van der Waals surface area contributed by atoms with Gasteiger partial charge in [0.15, 0.2) is 0 Å². The van der Waals surface area contributed by atoms with Gasteiger partial charge in [-0.1, -0.05) is 12.6 Å². The zero-order valence-electron chi connectivity index (χ0n) is 26.5. The number of hydrogen-bond donors (Lipinski definition) is 2. The van der Waals surface area contributed by atoms with E-state index in [4.69, 9.17) is 9.97 Å². The number of hydrogen-bond acceptors (Lipinski definition) is 10. The monoisotopic (exact) mass is 633 g/mol. The number of nitrogens with zero attached hydrogens (tertiary/aromatic N) is 6. The van der Waals surface area contributed by atoms with Crippen LogP contribution in [-0.2, 0) is 14.6 Å². The summed E-state index contributed by atoms with van der Waals surface area (Å²) in [6.45, 7) is 12.4. The second-order valence-electron chi connectivity index (χ2n) is 13.6. The van der Waals surface area contributed by atoms with Gasteiger partial charge in [0.1, 0.15) is 21.5 Å². The van der Waals surface area contributed by atoms with Gasteiger partial charge in [-0.25, -0.2) is 18.4 Å². The van der Waals surface area contributed by atoms with Crippen molar-refractivity contribution in [3.05, 3.63) is 54.9 Å². The topological polar surface area (TPSA) is 132 Å². The Hall–Kier alpha value is -3.77. The molecule has 240 valence electrons. The molecule has 0 spiro atoms. The van der Waals surface area contributed by atoms with Crippen LogP contribution >= 0.6 is 0 Å². The molecule has 5 heterocycles. The molecule has 3 aliphatic heterocycles. The van der Waals surface area contributed by atoms with E-state index in [1.54, 1.807) is 12.3 Å². The molecule has 11 nitrogen and oxygen atoms in total. The molecule has 3 saturated heterocycles. The molecule has 0 aliphatic carbocycles. The number of carbonyl (C=O) groups excluding carboxylic acids is 1. The number of nitrogens with one attached hydrogen (secondary N) is 1. The summed E-state index contributed by atoms with van der Waals surface area (Å²) in [5.41, 5.74) is 1.02. The number of aliphatic hydroxyl groups is 1. The highest BCUT2D eigenvalue weighted by Gasteiger charge is 2.48. The first-order valence-corrected chi connectivity index (χ1v) is 17.7. The SMILES string of the molecule is C=CC(=O)N1CCC[C@@H]1c1ccc(N2C[C@H](CS(C)(=O)=O)C2(C)C)c2cnc(Nc3ccnc(N4CCC(C)(O)CC4)n3)cc12. The number of benzene rings is 1. The first-order chi connectivity index (χ1) is 21.3. The Morgan fingerprint density at radius 3 is 2.56 bits per heavy atom. The third-order valence-electron chi connectivity index (χ3n) is 9.90. The van der Waals surface area contributed by atoms with Gasteiger partial charge in [-0.15, -0.1) is 0 Å². The van der Waals surface area contributed by atoms with Crippen molar-refractivity contribution in [1.29, 1.82) is 0 Å². The molecule has 2 aromatic heterocycles. The van der Waals surface area contributed by atoms with E-state index in [9.17, 15) is 18.3 Å². The minimum atomic E-state index is -3.11. The standard InChI is InChI=1S/C33H43N7O4S/c1-6-30(41)39-15-7-8-26(39)23-9-10-27(40-20-22(32(40,2)3)21-45(5,43)44)25-19-35-29(18-24(23)25)36-28-11-14-34-31(37-28)38-16-12-33(4,42)13-17-38/h6,9-11,14,18-19,22,26,42H,1,7-8,12-13,15-17,20-21H2,2-5H3,(H,34,35,36,37)/t22-,26-/m1/s1. The lowest BCUT2D eigenvalue weighted by Crippen LogP contribution is -2.66. The fourth-order valence-electron chi connectivity index (χ4n) is 7.02. The van der Waals surface area contributed by atoms with Crippen molar-refractivity contribution in [3.63, 3.8) is 0 Å². The van der Waals surface area contributed by atoms with E-state index >= 15 is 0 Å². The van der Waals surface area contributed by atoms with Crippen LogP contribution < -0.4 is 15.1 Å². The lowest BCUT2D eigenvalue weighted by atomic mass is 9.77. The Kier molecular flexibility index (Phi) is 8.01. The predicted octanol–water partition coefficient (Wildman–Crippen LogP) is 4.23. The zero-order chi connectivity index (χ0) is 32.1. The summed E-state index contributed by atoms with van der Waals surface area (Å²) < 4.78 is 24.2. The molecule has 0 bridgehead atoms. The van der Waals surface area contributed by atoms with E-state index < -0.39 is 15.4 Å². The van der Waals surface area contributed by atoms with Gasteiger partial charge in [0.25, 0.3) is 0 Å². The lowest BCUT2D eigenvalue weighted by Gasteiger charge is -2.57. The van der Waals surface area contributed by atoms with Gasteiger partial charge in [0.2, 0.25) is 11.9 Å². The number of sulfone groups is 1. The summed E-state index contributed by atoms with van der Waals surface area (Å²) >= 11 is 0. The Labute approximate surface area is 265 Å². The van der Waals surface area contributed by atoms with Crippen LogP contribution in [0.15, 0.2) is 49.3 Å². The molecule has 2 N–H and O–H groups in total. The normalized spacial score (nSPS) is 22.7. The molecule has 3 aromatic rings. The maximum absolute atomic E-state index is 12.8. The number of rotatable bonds is 8. The summed E-state index contributed by atoms with van der Waals surface area (Å²) in [4.78, 5) is 33.0. The van der Waals surface area contributed by atoms with Crippen LogP contribution in [0.5, 0.6) is 0 Å². The van der Waals surface area contributed by atoms with Crippen molar-refractivity contribution in [1.82, 2.24) is 19.9 Å². The Balaban J connectivity index is 1.35. The molecular weight excluding hydrogens is 590 g/mol. The molecule has 1 amide bonds. The van der Waals surface area contributed by atoms with Crippen molar-refractivity contribution in [3.8, 4) is 0 Å². The summed E-state index contributed by atoms with van der Waals surface area (Å²) in [6.07, 6.45) is 9.32. The Morgan fingerprint density at radius 1 is 1.11 bits per heavy atom. The van der Waals surface area contributed by atoms with E-state index in [2.05, 4.69) is 52.7 Å². The van der Waals surface area contributed by atoms with Gasteiger partial charge in [-0.05, 0) is 81.7 Å². The molecule has 0 radical (unpaired) electrons. The number of likely N-dealkylation sites (tertiary alicyclic amines) is 1. The van der Waals surface area contributed by atoms with Gasteiger partial charge in [0.05, 0.1) is 17.4 Å². The number of fused-ring (bicyclic) bond motifs is 1. The second kappa shape index (κ2) is 11.5. The van der Waals surface area contributed by atoms with Gasteiger partial charge in [-0.2, -0.15) is 4.98 Å². The van der Waals surface area contributed by atoms with Crippen LogP contribution in [-0.4, -0.2) is 88.6 Å². The van der Waals surface area contributed by atoms with Crippen LogP contribution in [0.1, 0.15) is 58.1 Å². The number of piperidine rings is 1. The summed E-state index contributed by atoms with van der Waals surface area (Å²) in [7, 11) is -3.11. The maximum atomic E-state index is 12.8. The van der Waals surface area contributed by atoms with E-state index in [1.807, 2.05) is 24.1 Å². The minimum Gasteiger partial charge on any atom is -0.390 e. The highest BCUT2D eigenvalue weighted by atomic mass is 32.2. The van der Waals surface area contributed by atoms with Gasteiger partial charge in [0, 0.05) is 67.4 Å². The van der Waals surface area contributed by atoms with Crippen LogP contribution in [0, 0.1) is 5.92 Å². The maximum Gasteiger partial charge on any atom is 0.246 e. The smallest absolute Gasteiger partial charge is 0.246 e. The second-order valence-corrected chi connectivity index (χ2v) is 15.8. The minimum absolute atomic E-state index is 0.0182. The molecule has 0 saturated carbocycles. The summed E-state index contributed by atoms with van der Waals surface area (Å²) in [5, 5.41) is 15.6. The van der Waals surface area contributed by atoms with Crippen LogP contribution in [0.25, 0.3) is 10.8 Å². The number of pyridine rings is 1. The van der Waals surface area contributed by atoms with Crippen molar-refractivity contribution in [2.75, 3.05) is 53.3 Å². The highest BCUT2D eigenvalue weighted by molar-refractivity contribution is 7.90. The van der Waals surface area contributed by atoms with Gasteiger partial charge in [-0.3, -0.25) is 4.79 Å². The number of amides is 1. The van der Waals surface area contributed by atoms with Crippen molar-refractivity contribution >= 4 is 49.8 Å². The average Bonchev–Trinajstić information content (AvgIpc) is 3.48. The van der Waals surface area contributed by atoms with Crippen LogP contribution in [0.2, 0.25) is 0 Å². The third-order valence-corrected chi connectivity index (χ3v) is 10.9. The van der Waals surface area contributed by atoms with Gasteiger partial charge < -0.3 is 25.1 Å². The molecule has 3 aliphatic rings. The van der Waals surface area contributed by atoms with Crippen LogP contribution in [0.3, 0.4) is 0 Å². The lowest BCUT2D eigenvalue weighted by molar-refractivity contribution is -0.126. The first-order valence-electron chi connectivity index (χ1n) is 15.6. The molecule has 1 aromatic carbocycles.